The van der Waals surface area contributed by atoms with E-state index in [0.717, 1.165) is 41.3 Å². The van der Waals surface area contributed by atoms with E-state index in [-0.39, 0.29) is 0 Å². The Morgan fingerprint density at radius 3 is 1.58 bits per heavy atom. The van der Waals surface area contributed by atoms with Crippen LogP contribution in [0.25, 0.3) is 0 Å². The summed E-state index contributed by atoms with van der Waals surface area (Å²) in [6.45, 7) is 7.29. The lowest BCUT2D eigenvalue weighted by Crippen LogP contribution is -2.17. The van der Waals surface area contributed by atoms with E-state index in [1.54, 1.807) is 0 Å². The molecule has 0 fully saturated rings. The SMILES string of the molecule is CCCN(/N=C/c1ccc(N(c2ccc(C)cc2)c2ccc(C)cc2)cc1)c1ccccc1. The van der Waals surface area contributed by atoms with Crippen LogP contribution in [0.15, 0.2) is 108 Å². The minimum absolute atomic E-state index is 0.882. The quantitative estimate of drug-likeness (QED) is 0.207. The number of hydrogen-bond donors (Lipinski definition) is 0. The van der Waals surface area contributed by atoms with Crippen LogP contribution in [0.4, 0.5) is 22.7 Å². The summed E-state index contributed by atoms with van der Waals surface area (Å²) in [7, 11) is 0. The zero-order chi connectivity index (χ0) is 23.0. The molecule has 166 valence electrons. The fraction of sp³-hybridized carbons (Fsp3) is 0.167. The molecule has 0 aliphatic rings. The van der Waals surface area contributed by atoms with Crippen molar-refractivity contribution in [1.82, 2.24) is 0 Å². The van der Waals surface area contributed by atoms with Gasteiger partial charge in [-0.3, -0.25) is 5.01 Å². The monoisotopic (exact) mass is 433 g/mol. The van der Waals surface area contributed by atoms with Crippen molar-refractivity contribution < 1.29 is 0 Å². The lowest BCUT2D eigenvalue weighted by atomic mass is 10.1. The van der Waals surface area contributed by atoms with Crippen molar-refractivity contribution in [2.75, 3.05) is 16.5 Å². The van der Waals surface area contributed by atoms with Crippen LogP contribution in [-0.2, 0) is 0 Å². The molecule has 33 heavy (non-hydrogen) atoms. The molecule has 0 unspecified atom stereocenters. The van der Waals surface area contributed by atoms with E-state index >= 15 is 0 Å². The maximum absolute atomic E-state index is 4.76. The minimum atomic E-state index is 0.882. The standard InChI is InChI=1S/C30H31N3/c1-4-22-32(27-8-6-5-7-9-27)31-23-26-14-20-30(21-15-26)33(28-16-10-24(2)11-17-28)29-18-12-25(3)13-19-29/h5-21,23H,4,22H2,1-3H3/b31-23+. The molecular weight excluding hydrogens is 402 g/mol. The average molecular weight is 434 g/mol. The fourth-order valence-corrected chi connectivity index (χ4v) is 3.75. The number of aryl methyl sites for hydroxylation is 2. The van der Waals surface area contributed by atoms with Crippen molar-refractivity contribution in [3.8, 4) is 0 Å². The number of para-hydroxylation sites is 1. The Balaban J connectivity index is 1.61. The summed E-state index contributed by atoms with van der Waals surface area (Å²) >= 11 is 0. The van der Waals surface area contributed by atoms with Crippen molar-refractivity contribution in [1.29, 1.82) is 0 Å². The van der Waals surface area contributed by atoms with E-state index in [9.17, 15) is 0 Å². The maximum Gasteiger partial charge on any atom is 0.0593 e. The molecule has 0 radical (unpaired) electrons. The molecule has 4 aromatic rings. The van der Waals surface area contributed by atoms with Gasteiger partial charge in [0.1, 0.15) is 0 Å². The molecule has 0 heterocycles. The smallest absolute Gasteiger partial charge is 0.0593 e. The first-order valence-electron chi connectivity index (χ1n) is 11.5. The first-order valence-corrected chi connectivity index (χ1v) is 11.5. The molecule has 4 aromatic carbocycles. The zero-order valence-electron chi connectivity index (χ0n) is 19.6. The van der Waals surface area contributed by atoms with E-state index in [4.69, 9.17) is 5.10 Å². The Hall–Kier alpha value is -3.85. The predicted octanol–water partition coefficient (Wildman–Crippen LogP) is 8.02. The maximum atomic E-state index is 4.76. The van der Waals surface area contributed by atoms with Gasteiger partial charge in [0.25, 0.3) is 0 Å². The first-order chi connectivity index (χ1) is 16.1. The van der Waals surface area contributed by atoms with E-state index in [0.29, 0.717) is 0 Å². The summed E-state index contributed by atoms with van der Waals surface area (Å²) in [6, 6.07) is 36.2. The molecular formula is C30H31N3. The molecule has 0 aliphatic carbocycles. The van der Waals surface area contributed by atoms with Crippen LogP contribution in [0.1, 0.15) is 30.0 Å². The Morgan fingerprint density at radius 1 is 0.606 bits per heavy atom. The summed E-state index contributed by atoms with van der Waals surface area (Å²) in [4.78, 5) is 2.28. The highest BCUT2D eigenvalue weighted by molar-refractivity contribution is 5.83. The lowest BCUT2D eigenvalue weighted by molar-refractivity contribution is 0.809. The molecule has 0 N–H and O–H groups in total. The number of nitrogens with zero attached hydrogens (tertiary/aromatic N) is 3. The molecule has 0 atom stereocenters. The average Bonchev–Trinajstić information content (AvgIpc) is 2.85. The summed E-state index contributed by atoms with van der Waals surface area (Å²) in [5.74, 6) is 0. The lowest BCUT2D eigenvalue weighted by Gasteiger charge is -2.26. The molecule has 0 saturated heterocycles. The van der Waals surface area contributed by atoms with Gasteiger partial charge in [-0.1, -0.05) is 72.6 Å². The van der Waals surface area contributed by atoms with Gasteiger partial charge in [-0.15, -0.1) is 0 Å². The van der Waals surface area contributed by atoms with Gasteiger partial charge in [-0.05, 0) is 74.4 Å². The van der Waals surface area contributed by atoms with Gasteiger partial charge < -0.3 is 4.90 Å². The van der Waals surface area contributed by atoms with Crippen molar-refractivity contribution in [2.45, 2.75) is 27.2 Å². The molecule has 3 nitrogen and oxygen atoms in total. The van der Waals surface area contributed by atoms with Gasteiger partial charge in [0, 0.05) is 23.6 Å². The molecule has 4 rings (SSSR count). The van der Waals surface area contributed by atoms with Gasteiger partial charge in [0.15, 0.2) is 0 Å². The van der Waals surface area contributed by atoms with Crippen LogP contribution in [-0.4, -0.2) is 12.8 Å². The summed E-state index contributed by atoms with van der Waals surface area (Å²) in [5.41, 5.74) is 8.09. The summed E-state index contributed by atoms with van der Waals surface area (Å²) in [5, 5.41) is 6.81. The Labute approximate surface area is 197 Å². The number of benzene rings is 4. The second-order valence-corrected chi connectivity index (χ2v) is 8.30. The van der Waals surface area contributed by atoms with E-state index in [1.807, 2.05) is 24.4 Å². The molecule has 0 saturated carbocycles. The zero-order valence-corrected chi connectivity index (χ0v) is 19.6. The van der Waals surface area contributed by atoms with Crippen LogP contribution in [0.5, 0.6) is 0 Å². The van der Waals surface area contributed by atoms with Gasteiger partial charge in [0.2, 0.25) is 0 Å². The van der Waals surface area contributed by atoms with E-state index < -0.39 is 0 Å². The minimum Gasteiger partial charge on any atom is -0.311 e. The summed E-state index contributed by atoms with van der Waals surface area (Å²) in [6.07, 6.45) is 2.97. The molecule has 0 aromatic heterocycles. The molecule has 0 bridgehead atoms. The van der Waals surface area contributed by atoms with Crippen LogP contribution in [0.3, 0.4) is 0 Å². The third-order valence-electron chi connectivity index (χ3n) is 5.57. The second-order valence-electron chi connectivity index (χ2n) is 8.30. The van der Waals surface area contributed by atoms with Crippen molar-refractivity contribution in [3.63, 3.8) is 0 Å². The van der Waals surface area contributed by atoms with Crippen molar-refractivity contribution >= 4 is 29.0 Å². The molecule has 0 spiro atoms. The highest BCUT2D eigenvalue weighted by atomic mass is 15.4. The molecule has 0 amide bonds. The largest absolute Gasteiger partial charge is 0.311 e. The Morgan fingerprint density at radius 2 is 1.09 bits per heavy atom. The van der Waals surface area contributed by atoms with Crippen LogP contribution >= 0.6 is 0 Å². The fourth-order valence-electron chi connectivity index (χ4n) is 3.75. The predicted molar refractivity (Wildman–Crippen MR) is 142 cm³/mol. The van der Waals surface area contributed by atoms with Gasteiger partial charge in [-0.25, -0.2) is 0 Å². The summed E-state index contributed by atoms with van der Waals surface area (Å²) < 4.78 is 0. The third-order valence-corrected chi connectivity index (χ3v) is 5.57. The third kappa shape index (κ3) is 5.69. The van der Waals surface area contributed by atoms with Gasteiger partial charge in [-0.2, -0.15) is 5.10 Å². The number of hydrogen-bond acceptors (Lipinski definition) is 3. The number of hydrazone groups is 1. The second kappa shape index (κ2) is 10.6. The topological polar surface area (TPSA) is 18.8 Å². The molecule has 0 aliphatic heterocycles. The number of rotatable bonds is 8. The highest BCUT2D eigenvalue weighted by Crippen LogP contribution is 2.34. The van der Waals surface area contributed by atoms with E-state index in [1.165, 1.54) is 11.1 Å². The first kappa shape index (κ1) is 22.3. The van der Waals surface area contributed by atoms with Crippen molar-refractivity contribution in [3.05, 3.63) is 120 Å². The van der Waals surface area contributed by atoms with E-state index in [2.05, 4.69) is 116 Å². The highest BCUT2D eigenvalue weighted by Gasteiger charge is 2.12. The van der Waals surface area contributed by atoms with Gasteiger partial charge >= 0.3 is 0 Å². The normalized spacial score (nSPS) is 11.0. The van der Waals surface area contributed by atoms with Crippen molar-refractivity contribution in [2.24, 2.45) is 5.10 Å². The van der Waals surface area contributed by atoms with Crippen LogP contribution in [0, 0.1) is 13.8 Å². The van der Waals surface area contributed by atoms with Crippen LogP contribution < -0.4 is 9.91 Å². The van der Waals surface area contributed by atoms with Crippen LogP contribution in [0.2, 0.25) is 0 Å². The van der Waals surface area contributed by atoms with Gasteiger partial charge in [0.05, 0.1) is 11.9 Å². The Kier molecular flexibility index (Phi) is 7.21. The number of anilines is 4. The Bertz CT molecular complexity index is 1120. The molecule has 3 heteroatoms.